The van der Waals surface area contributed by atoms with Crippen LogP contribution in [0.1, 0.15) is 21.7 Å². The number of anilines is 1. The maximum Gasteiger partial charge on any atom is 0.277 e. The Bertz CT molecular complexity index is 1270. The molecule has 0 atom stereocenters. The van der Waals surface area contributed by atoms with Crippen LogP contribution >= 0.6 is 34.8 Å². The molecule has 0 aliphatic heterocycles. The van der Waals surface area contributed by atoms with Gasteiger partial charge in [-0.15, -0.1) is 0 Å². The van der Waals surface area contributed by atoms with Gasteiger partial charge >= 0.3 is 0 Å². The Morgan fingerprint density at radius 1 is 1.03 bits per heavy atom. The zero-order valence-corrected chi connectivity index (χ0v) is 19.2. The number of carbonyl (C=O) groups excluding carboxylic acids is 1. The lowest BCUT2D eigenvalue weighted by molar-refractivity contribution is 0.101. The van der Waals surface area contributed by atoms with Crippen LogP contribution in [-0.4, -0.2) is 25.5 Å². The van der Waals surface area contributed by atoms with Gasteiger partial charge in [0.05, 0.1) is 6.54 Å². The number of nitrogens with zero attached hydrogens (tertiary/aromatic N) is 4. The van der Waals surface area contributed by atoms with E-state index in [9.17, 15) is 4.79 Å². The van der Waals surface area contributed by atoms with E-state index in [-0.39, 0.29) is 18.3 Å². The smallest absolute Gasteiger partial charge is 0.277 e. The molecule has 164 valence electrons. The van der Waals surface area contributed by atoms with Gasteiger partial charge < -0.3 is 10.1 Å². The van der Waals surface area contributed by atoms with E-state index in [1.165, 1.54) is 4.68 Å². The highest BCUT2D eigenvalue weighted by Crippen LogP contribution is 2.23. The van der Waals surface area contributed by atoms with Crippen LogP contribution in [0.15, 0.2) is 60.8 Å². The van der Waals surface area contributed by atoms with Crippen LogP contribution in [0.4, 0.5) is 5.82 Å². The topological polar surface area (TPSA) is 74.0 Å². The van der Waals surface area contributed by atoms with Crippen molar-refractivity contribution in [1.29, 1.82) is 0 Å². The van der Waals surface area contributed by atoms with E-state index < -0.39 is 0 Å². The van der Waals surface area contributed by atoms with Crippen LogP contribution < -0.4 is 10.1 Å². The van der Waals surface area contributed by atoms with Gasteiger partial charge in [-0.1, -0.05) is 46.9 Å². The van der Waals surface area contributed by atoms with E-state index in [1.54, 1.807) is 59.4 Å². The molecule has 4 rings (SSSR count). The van der Waals surface area contributed by atoms with Gasteiger partial charge in [0.25, 0.3) is 5.91 Å². The van der Waals surface area contributed by atoms with E-state index in [1.807, 2.05) is 13.0 Å². The quantitative estimate of drug-likeness (QED) is 0.361. The minimum atomic E-state index is -0.374. The second kappa shape index (κ2) is 9.65. The summed E-state index contributed by atoms with van der Waals surface area (Å²) in [7, 11) is 0. The first-order valence-electron chi connectivity index (χ1n) is 9.59. The molecule has 0 saturated heterocycles. The van der Waals surface area contributed by atoms with Gasteiger partial charge in [0.2, 0.25) is 0 Å². The summed E-state index contributed by atoms with van der Waals surface area (Å²) in [4.78, 5) is 12.6. The number of benzene rings is 2. The lowest BCUT2D eigenvalue weighted by Crippen LogP contribution is -2.15. The number of aryl methyl sites for hydroxylation is 1. The summed E-state index contributed by atoms with van der Waals surface area (Å²) < 4.78 is 8.89. The van der Waals surface area contributed by atoms with Crippen molar-refractivity contribution in [2.45, 2.75) is 20.2 Å². The van der Waals surface area contributed by atoms with Crippen molar-refractivity contribution in [2.24, 2.45) is 0 Å². The van der Waals surface area contributed by atoms with Crippen molar-refractivity contribution in [1.82, 2.24) is 19.6 Å². The molecule has 2 heterocycles. The molecule has 0 aliphatic rings. The van der Waals surface area contributed by atoms with Gasteiger partial charge in [0.1, 0.15) is 5.75 Å². The van der Waals surface area contributed by atoms with Crippen LogP contribution in [0.25, 0.3) is 0 Å². The zero-order chi connectivity index (χ0) is 22.7. The number of hydrogen-bond donors (Lipinski definition) is 1. The summed E-state index contributed by atoms with van der Waals surface area (Å²) in [6.07, 6.45) is 1.66. The summed E-state index contributed by atoms with van der Waals surface area (Å²) >= 11 is 18.2. The molecule has 0 saturated carbocycles. The first-order chi connectivity index (χ1) is 15.4. The van der Waals surface area contributed by atoms with Crippen LogP contribution in [-0.2, 0) is 13.3 Å². The molecule has 32 heavy (non-hydrogen) atoms. The number of aromatic nitrogens is 4. The molecule has 0 fully saturated rings. The maximum atomic E-state index is 12.6. The first-order valence-corrected chi connectivity index (χ1v) is 10.7. The SMILES string of the molecule is Cc1cc(NC(=O)c2ccn(COc3cccc(Cl)c3)n2)nn1Cc1ccc(Cl)cc1Cl. The lowest BCUT2D eigenvalue weighted by atomic mass is 10.2. The molecule has 0 bridgehead atoms. The van der Waals surface area contributed by atoms with Gasteiger partial charge in [-0.05, 0) is 48.9 Å². The molecule has 0 radical (unpaired) electrons. The Labute approximate surface area is 199 Å². The maximum absolute atomic E-state index is 12.6. The van der Waals surface area contributed by atoms with Crippen LogP contribution in [0.5, 0.6) is 5.75 Å². The Kier molecular flexibility index (Phi) is 6.69. The highest BCUT2D eigenvalue weighted by Gasteiger charge is 2.14. The standard InChI is InChI=1S/C22H18Cl3N5O2/c1-14-9-21(28-30(14)12-15-5-6-17(24)11-19(15)25)26-22(31)20-7-8-29(27-20)13-32-18-4-2-3-16(23)10-18/h2-11H,12-13H2,1H3,(H,26,28,31). The van der Waals surface area contributed by atoms with Crippen molar-refractivity contribution in [3.8, 4) is 5.75 Å². The summed E-state index contributed by atoms with van der Waals surface area (Å²) in [6.45, 7) is 2.49. The fraction of sp³-hybridized carbons (Fsp3) is 0.136. The molecule has 10 heteroatoms. The number of halogens is 3. The van der Waals surface area contributed by atoms with Crippen molar-refractivity contribution < 1.29 is 9.53 Å². The van der Waals surface area contributed by atoms with Crippen LogP contribution in [0.3, 0.4) is 0 Å². The van der Waals surface area contributed by atoms with E-state index >= 15 is 0 Å². The minimum absolute atomic E-state index is 0.142. The van der Waals surface area contributed by atoms with Crippen molar-refractivity contribution >= 4 is 46.5 Å². The fourth-order valence-corrected chi connectivity index (χ4v) is 3.62. The highest BCUT2D eigenvalue weighted by molar-refractivity contribution is 6.35. The van der Waals surface area contributed by atoms with Crippen molar-refractivity contribution in [3.63, 3.8) is 0 Å². The molecular weight excluding hydrogens is 473 g/mol. The molecular formula is C22H18Cl3N5O2. The largest absolute Gasteiger partial charge is 0.471 e. The van der Waals surface area contributed by atoms with Gasteiger partial charge in [-0.25, -0.2) is 4.68 Å². The fourth-order valence-electron chi connectivity index (χ4n) is 2.98. The summed E-state index contributed by atoms with van der Waals surface area (Å²) in [6, 6.07) is 15.7. The summed E-state index contributed by atoms with van der Waals surface area (Å²) in [5.74, 6) is 0.656. The molecule has 2 aromatic heterocycles. The number of carbonyl (C=O) groups is 1. The molecule has 1 amide bonds. The molecule has 0 unspecified atom stereocenters. The zero-order valence-electron chi connectivity index (χ0n) is 16.9. The first kappa shape index (κ1) is 22.2. The monoisotopic (exact) mass is 489 g/mol. The Balaban J connectivity index is 1.38. The Hall–Kier alpha value is -3.00. The second-order valence-electron chi connectivity index (χ2n) is 6.99. The Morgan fingerprint density at radius 3 is 2.62 bits per heavy atom. The molecule has 4 aromatic rings. The summed E-state index contributed by atoms with van der Waals surface area (Å²) in [5.41, 5.74) is 1.98. The van der Waals surface area contributed by atoms with Crippen LogP contribution in [0, 0.1) is 6.92 Å². The number of nitrogens with one attached hydrogen (secondary N) is 1. The van der Waals surface area contributed by atoms with E-state index in [0.29, 0.717) is 33.2 Å². The average Bonchev–Trinajstić information content (AvgIpc) is 3.35. The van der Waals surface area contributed by atoms with E-state index in [0.717, 1.165) is 11.3 Å². The molecule has 0 spiro atoms. The molecule has 0 aliphatic carbocycles. The van der Waals surface area contributed by atoms with E-state index in [2.05, 4.69) is 15.5 Å². The third-order valence-electron chi connectivity index (χ3n) is 4.59. The van der Waals surface area contributed by atoms with Gasteiger partial charge in [0.15, 0.2) is 18.2 Å². The number of amides is 1. The predicted molar refractivity (Wildman–Crippen MR) is 125 cm³/mol. The molecule has 2 aromatic carbocycles. The third-order valence-corrected chi connectivity index (χ3v) is 5.41. The highest BCUT2D eigenvalue weighted by atomic mass is 35.5. The van der Waals surface area contributed by atoms with Crippen LogP contribution in [0.2, 0.25) is 15.1 Å². The van der Waals surface area contributed by atoms with Gasteiger partial charge in [0, 0.05) is 33.0 Å². The molecule has 1 N–H and O–H groups in total. The molecule has 7 nitrogen and oxygen atoms in total. The Morgan fingerprint density at radius 2 is 1.84 bits per heavy atom. The summed E-state index contributed by atoms with van der Waals surface area (Å²) in [5, 5.41) is 13.2. The second-order valence-corrected chi connectivity index (χ2v) is 8.27. The predicted octanol–water partition coefficient (Wildman–Crippen LogP) is 5.69. The van der Waals surface area contributed by atoms with Gasteiger partial charge in [-0.3, -0.25) is 9.48 Å². The van der Waals surface area contributed by atoms with Gasteiger partial charge in [-0.2, -0.15) is 10.2 Å². The number of ether oxygens (including phenoxy) is 1. The number of rotatable bonds is 7. The van der Waals surface area contributed by atoms with E-state index in [4.69, 9.17) is 39.5 Å². The average molecular weight is 491 g/mol. The van der Waals surface area contributed by atoms with Crippen molar-refractivity contribution in [2.75, 3.05) is 5.32 Å². The minimum Gasteiger partial charge on any atom is -0.471 e. The number of hydrogen-bond acceptors (Lipinski definition) is 4. The third kappa shape index (κ3) is 5.43. The lowest BCUT2D eigenvalue weighted by Gasteiger charge is -2.07. The normalized spacial score (nSPS) is 10.9. The van der Waals surface area contributed by atoms with Crippen molar-refractivity contribution in [3.05, 3.63) is 92.8 Å².